The van der Waals surface area contributed by atoms with Crippen molar-refractivity contribution in [2.45, 2.75) is 6.92 Å². The molecule has 0 unspecified atom stereocenters. The molecule has 0 aliphatic rings. The zero-order chi connectivity index (χ0) is 12.8. The van der Waals surface area contributed by atoms with Gasteiger partial charge in [0.1, 0.15) is 5.69 Å². The van der Waals surface area contributed by atoms with Gasteiger partial charge < -0.3 is 9.47 Å². The molecule has 0 atom stereocenters. The molecular weight excluding hydrogens is 290 g/mol. The lowest BCUT2D eigenvalue weighted by atomic mass is 10.3. The molecule has 0 aromatic carbocycles. The highest BCUT2D eigenvalue weighted by atomic mass is 79.9. The number of esters is 2. The summed E-state index contributed by atoms with van der Waals surface area (Å²) >= 11 is 3.17. The van der Waals surface area contributed by atoms with E-state index in [-0.39, 0.29) is 18.0 Å². The topological polar surface area (TPSA) is 65.5 Å². The van der Waals surface area contributed by atoms with E-state index in [0.717, 1.165) is 6.26 Å². The van der Waals surface area contributed by atoms with Gasteiger partial charge in [-0.25, -0.2) is 14.6 Å². The van der Waals surface area contributed by atoms with E-state index in [0.29, 0.717) is 4.47 Å². The molecule has 0 bridgehead atoms. The predicted octanol–water partition coefficient (Wildman–Crippen LogP) is 2.32. The second-order valence-corrected chi connectivity index (χ2v) is 3.76. The van der Waals surface area contributed by atoms with Crippen molar-refractivity contribution in [2.75, 3.05) is 6.61 Å². The molecule has 17 heavy (non-hydrogen) atoms. The van der Waals surface area contributed by atoms with Crippen LogP contribution < -0.4 is 0 Å². The number of hydrogen-bond donors (Lipinski definition) is 0. The first-order chi connectivity index (χ1) is 8.08. The fourth-order valence-corrected chi connectivity index (χ4v) is 1.48. The molecule has 0 amide bonds. The number of hydrogen-bond acceptors (Lipinski definition) is 5. The van der Waals surface area contributed by atoms with Crippen LogP contribution in [0.1, 0.15) is 27.9 Å². The van der Waals surface area contributed by atoms with Crippen LogP contribution in [0.15, 0.2) is 29.4 Å². The van der Waals surface area contributed by atoms with E-state index in [9.17, 15) is 9.59 Å². The van der Waals surface area contributed by atoms with Crippen LogP contribution in [0.2, 0.25) is 0 Å². The Morgan fingerprint density at radius 2 is 2.00 bits per heavy atom. The molecule has 0 aliphatic carbocycles. The molecule has 0 fully saturated rings. The average molecular weight is 300 g/mol. The van der Waals surface area contributed by atoms with E-state index < -0.39 is 11.9 Å². The first kappa shape index (κ1) is 13.4. The van der Waals surface area contributed by atoms with Gasteiger partial charge in [-0.15, -0.1) is 0 Å². The Labute approximate surface area is 107 Å². The molecule has 1 rings (SSSR count). The van der Waals surface area contributed by atoms with E-state index in [2.05, 4.69) is 32.2 Å². The molecule has 0 saturated heterocycles. The number of aromatic nitrogens is 1. The van der Waals surface area contributed by atoms with Gasteiger partial charge in [0.15, 0.2) is 5.69 Å². The van der Waals surface area contributed by atoms with Gasteiger partial charge in [0.25, 0.3) is 0 Å². The third-order valence-corrected chi connectivity index (χ3v) is 2.13. The molecule has 0 spiro atoms. The monoisotopic (exact) mass is 299 g/mol. The summed E-state index contributed by atoms with van der Waals surface area (Å²) in [5.74, 6) is -1.28. The molecule has 0 N–H and O–H groups in total. The second-order valence-electron chi connectivity index (χ2n) is 2.85. The van der Waals surface area contributed by atoms with Crippen LogP contribution in [0.5, 0.6) is 0 Å². The Morgan fingerprint density at radius 1 is 1.41 bits per heavy atom. The highest BCUT2D eigenvalue weighted by Gasteiger charge is 2.15. The van der Waals surface area contributed by atoms with Crippen molar-refractivity contribution < 1.29 is 19.1 Å². The number of carbonyl (C=O) groups excluding carboxylic acids is 2. The molecule has 0 saturated carbocycles. The predicted molar refractivity (Wildman–Crippen MR) is 63.5 cm³/mol. The third-order valence-electron chi connectivity index (χ3n) is 1.67. The standard InChI is InChI=1S/C11H10BrNO4/c1-3-16-10(14)8-5-7(12)6-9(13-8)11(15)17-4-2/h3,5-6H,1,4H2,2H3. The van der Waals surface area contributed by atoms with Gasteiger partial charge in [-0.3, -0.25) is 0 Å². The largest absolute Gasteiger partial charge is 0.461 e. The maximum Gasteiger partial charge on any atom is 0.361 e. The molecule has 90 valence electrons. The Balaban J connectivity index is 3.05. The van der Waals surface area contributed by atoms with E-state index in [4.69, 9.17) is 4.74 Å². The van der Waals surface area contributed by atoms with E-state index in [1.54, 1.807) is 6.92 Å². The van der Waals surface area contributed by atoms with Crippen molar-refractivity contribution in [2.24, 2.45) is 0 Å². The van der Waals surface area contributed by atoms with E-state index >= 15 is 0 Å². The number of nitrogens with zero attached hydrogens (tertiary/aromatic N) is 1. The molecule has 1 aromatic heterocycles. The number of ether oxygens (including phenoxy) is 2. The Kier molecular flexibility index (Phi) is 4.84. The Hall–Kier alpha value is -1.69. The van der Waals surface area contributed by atoms with Crippen LogP contribution in [0.25, 0.3) is 0 Å². The van der Waals surface area contributed by atoms with Gasteiger partial charge in [0.05, 0.1) is 12.9 Å². The summed E-state index contributed by atoms with van der Waals surface area (Å²) in [7, 11) is 0. The Bertz CT molecular complexity index is 459. The van der Waals surface area contributed by atoms with E-state index in [1.165, 1.54) is 12.1 Å². The normalized spacial score (nSPS) is 9.53. The third kappa shape index (κ3) is 3.67. The summed E-state index contributed by atoms with van der Waals surface area (Å²) in [4.78, 5) is 26.7. The highest BCUT2D eigenvalue weighted by molar-refractivity contribution is 9.10. The van der Waals surface area contributed by atoms with Crippen LogP contribution in [0, 0.1) is 0 Å². The van der Waals surface area contributed by atoms with Crippen molar-refractivity contribution in [3.63, 3.8) is 0 Å². The fraction of sp³-hybridized carbons (Fsp3) is 0.182. The maximum absolute atomic E-state index is 11.5. The first-order valence-electron chi connectivity index (χ1n) is 4.75. The van der Waals surface area contributed by atoms with Crippen molar-refractivity contribution in [3.8, 4) is 0 Å². The molecule has 0 radical (unpaired) electrons. The van der Waals surface area contributed by atoms with Crippen molar-refractivity contribution >= 4 is 27.9 Å². The SMILES string of the molecule is C=COC(=O)c1cc(Br)cc(C(=O)OCC)n1. The number of pyridine rings is 1. The summed E-state index contributed by atoms with van der Waals surface area (Å²) in [6.45, 7) is 5.18. The summed E-state index contributed by atoms with van der Waals surface area (Å²) in [5.41, 5.74) is 0.0413. The average Bonchev–Trinajstić information content (AvgIpc) is 2.29. The Morgan fingerprint density at radius 3 is 2.53 bits per heavy atom. The summed E-state index contributed by atoms with van der Waals surface area (Å²) in [5, 5.41) is 0. The van der Waals surface area contributed by atoms with Gasteiger partial charge >= 0.3 is 11.9 Å². The van der Waals surface area contributed by atoms with Crippen LogP contribution >= 0.6 is 15.9 Å². The minimum Gasteiger partial charge on any atom is -0.461 e. The lowest BCUT2D eigenvalue weighted by Crippen LogP contribution is -2.11. The zero-order valence-electron chi connectivity index (χ0n) is 9.10. The van der Waals surface area contributed by atoms with Crippen LogP contribution in [0.4, 0.5) is 0 Å². The maximum atomic E-state index is 11.5. The molecule has 0 aliphatic heterocycles. The zero-order valence-corrected chi connectivity index (χ0v) is 10.7. The molecular formula is C11H10BrNO4. The number of halogens is 1. The molecule has 6 heteroatoms. The lowest BCUT2D eigenvalue weighted by molar-refractivity contribution is 0.0519. The minimum absolute atomic E-state index is 0.00216. The lowest BCUT2D eigenvalue weighted by Gasteiger charge is -2.04. The highest BCUT2D eigenvalue weighted by Crippen LogP contribution is 2.14. The summed E-state index contributed by atoms with van der Waals surface area (Å²) in [6, 6.07) is 2.90. The summed E-state index contributed by atoms with van der Waals surface area (Å²) in [6.07, 6.45) is 0.995. The fourth-order valence-electron chi connectivity index (χ4n) is 1.05. The first-order valence-corrected chi connectivity index (χ1v) is 5.54. The van der Waals surface area contributed by atoms with Gasteiger partial charge in [0.2, 0.25) is 0 Å². The van der Waals surface area contributed by atoms with Crippen LogP contribution in [-0.4, -0.2) is 23.5 Å². The van der Waals surface area contributed by atoms with Crippen molar-refractivity contribution in [1.82, 2.24) is 4.98 Å². The van der Waals surface area contributed by atoms with Gasteiger partial charge in [-0.2, -0.15) is 0 Å². The van der Waals surface area contributed by atoms with Gasteiger partial charge in [-0.05, 0) is 19.1 Å². The van der Waals surface area contributed by atoms with Crippen molar-refractivity contribution in [3.05, 3.63) is 40.8 Å². The van der Waals surface area contributed by atoms with Gasteiger partial charge in [0, 0.05) is 4.47 Å². The van der Waals surface area contributed by atoms with Gasteiger partial charge in [-0.1, -0.05) is 22.5 Å². The molecule has 5 nitrogen and oxygen atoms in total. The smallest absolute Gasteiger partial charge is 0.361 e. The minimum atomic E-state index is -0.688. The molecule has 1 aromatic rings. The number of rotatable bonds is 4. The second kappa shape index (κ2) is 6.15. The van der Waals surface area contributed by atoms with E-state index in [1.807, 2.05) is 0 Å². The van der Waals surface area contributed by atoms with Crippen LogP contribution in [0.3, 0.4) is 0 Å². The van der Waals surface area contributed by atoms with Crippen LogP contribution in [-0.2, 0) is 9.47 Å². The quantitative estimate of drug-likeness (QED) is 0.630. The number of carbonyl (C=O) groups is 2. The molecule has 1 heterocycles. The summed E-state index contributed by atoms with van der Waals surface area (Å²) < 4.78 is 9.88. The van der Waals surface area contributed by atoms with Crippen molar-refractivity contribution in [1.29, 1.82) is 0 Å².